The van der Waals surface area contributed by atoms with Crippen molar-refractivity contribution >= 4 is 21.4 Å². The molecule has 8 heteroatoms. The second-order valence-corrected chi connectivity index (χ2v) is 8.83. The number of benzene rings is 1. The molecule has 0 amide bonds. The molecular formula is C17H17N3O3S2. The number of nitrogens with zero attached hydrogens (tertiary/aromatic N) is 3. The molecule has 1 aliphatic rings. The first kappa shape index (κ1) is 16.4. The molecule has 4 rings (SSSR count). The molecule has 1 saturated heterocycles. The summed E-state index contributed by atoms with van der Waals surface area (Å²) in [5.41, 5.74) is 0. The minimum Gasteiger partial charge on any atom is -0.339 e. The summed E-state index contributed by atoms with van der Waals surface area (Å²) in [6.45, 7) is 0.878. The van der Waals surface area contributed by atoms with E-state index < -0.39 is 10.0 Å². The summed E-state index contributed by atoms with van der Waals surface area (Å²) in [5.74, 6) is 0.998. The van der Waals surface area contributed by atoms with Gasteiger partial charge < -0.3 is 4.52 Å². The molecular weight excluding hydrogens is 358 g/mol. The Bertz CT molecular complexity index is 937. The fraction of sp³-hybridized carbons (Fsp3) is 0.294. The van der Waals surface area contributed by atoms with Crippen LogP contribution in [0.5, 0.6) is 0 Å². The quantitative estimate of drug-likeness (QED) is 0.699. The number of hydrogen-bond acceptors (Lipinski definition) is 6. The molecule has 2 aromatic heterocycles. The Morgan fingerprint density at radius 2 is 2.00 bits per heavy atom. The van der Waals surface area contributed by atoms with E-state index in [0.717, 1.165) is 17.7 Å². The van der Waals surface area contributed by atoms with Crippen LogP contribution < -0.4 is 0 Å². The van der Waals surface area contributed by atoms with Gasteiger partial charge in [-0.1, -0.05) is 29.4 Å². The monoisotopic (exact) mass is 375 g/mol. The molecule has 0 radical (unpaired) electrons. The third kappa shape index (κ3) is 3.24. The SMILES string of the molecule is O=S(=O)(c1ccccc1)N1CCC[C@H](c2nc(-c3cccs3)no2)C1. The van der Waals surface area contributed by atoms with Crippen molar-refractivity contribution < 1.29 is 12.9 Å². The molecule has 0 aliphatic carbocycles. The van der Waals surface area contributed by atoms with Gasteiger partial charge in [-0.25, -0.2) is 8.42 Å². The van der Waals surface area contributed by atoms with E-state index in [4.69, 9.17) is 4.52 Å². The first-order chi connectivity index (χ1) is 12.1. The van der Waals surface area contributed by atoms with Crippen LogP contribution in [0.1, 0.15) is 24.7 Å². The van der Waals surface area contributed by atoms with E-state index in [9.17, 15) is 8.42 Å². The van der Waals surface area contributed by atoms with Crippen LogP contribution in [-0.2, 0) is 10.0 Å². The Morgan fingerprint density at radius 3 is 2.76 bits per heavy atom. The maximum Gasteiger partial charge on any atom is 0.243 e. The molecule has 1 fully saturated rings. The highest BCUT2D eigenvalue weighted by molar-refractivity contribution is 7.89. The number of rotatable bonds is 4. The lowest BCUT2D eigenvalue weighted by Crippen LogP contribution is -2.39. The Hall–Kier alpha value is -2.03. The first-order valence-electron chi connectivity index (χ1n) is 8.07. The molecule has 0 saturated carbocycles. The summed E-state index contributed by atoms with van der Waals surface area (Å²) in [4.78, 5) is 5.74. The smallest absolute Gasteiger partial charge is 0.243 e. The molecule has 6 nitrogen and oxygen atoms in total. The number of aromatic nitrogens is 2. The largest absolute Gasteiger partial charge is 0.339 e. The van der Waals surface area contributed by atoms with Gasteiger partial charge in [-0.05, 0) is 36.4 Å². The lowest BCUT2D eigenvalue weighted by molar-refractivity contribution is 0.265. The van der Waals surface area contributed by atoms with Gasteiger partial charge in [0.1, 0.15) is 0 Å². The molecule has 130 valence electrons. The van der Waals surface area contributed by atoms with Crippen LogP contribution in [0, 0.1) is 0 Å². The molecule has 3 aromatic rings. The topological polar surface area (TPSA) is 76.3 Å². The summed E-state index contributed by atoms with van der Waals surface area (Å²) in [5, 5.41) is 5.99. The molecule has 0 N–H and O–H groups in total. The van der Waals surface area contributed by atoms with Crippen LogP contribution in [0.25, 0.3) is 10.7 Å². The van der Waals surface area contributed by atoms with Crippen LogP contribution in [-0.4, -0.2) is 36.0 Å². The predicted molar refractivity (Wildman–Crippen MR) is 94.8 cm³/mol. The van der Waals surface area contributed by atoms with E-state index in [1.165, 1.54) is 4.31 Å². The average Bonchev–Trinajstić information content (AvgIpc) is 3.34. The second-order valence-electron chi connectivity index (χ2n) is 5.95. The van der Waals surface area contributed by atoms with Gasteiger partial charge in [0.2, 0.25) is 21.7 Å². The van der Waals surface area contributed by atoms with Gasteiger partial charge >= 0.3 is 0 Å². The van der Waals surface area contributed by atoms with Crippen molar-refractivity contribution in [3.05, 3.63) is 53.7 Å². The van der Waals surface area contributed by atoms with E-state index in [-0.39, 0.29) is 5.92 Å². The van der Waals surface area contributed by atoms with Crippen LogP contribution in [0.3, 0.4) is 0 Å². The summed E-state index contributed by atoms with van der Waals surface area (Å²) in [7, 11) is -3.49. The van der Waals surface area contributed by atoms with E-state index in [2.05, 4.69) is 10.1 Å². The molecule has 0 spiro atoms. The van der Waals surface area contributed by atoms with Crippen molar-refractivity contribution in [2.75, 3.05) is 13.1 Å². The Balaban J connectivity index is 1.55. The van der Waals surface area contributed by atoms with Gasteiger partial charge in [-0.2, -0.15) is 9.29 Å². The predicted octanol–water partition coefficient (Wildman–Crippen LogP) is 3.37. The Kier molecular flexibility index (Phi) is 4.41. The van der Waals surface area contributed by atoms with Crippen LogP contribution >= 0.6 is 11.3 Å². The Morgan fingerprint density at radius 1 is 1.16 bits per heavy atom. The summed E-state index contributed by atoms with van der Waals surface area (Å²) in [6, 6.07) is 12.4. The summed E-state index contributed by atoms with van der Waals surface area (Å²) < 4.78 is 32.6. The van der Waals surface area contributed by atoms with Gasteiger partial charge in [-0.3, -0.25) is 0 Å². The molecule has 3 heterocycles. The number of piperidine rings is 1. The lowest BCUT2D eigenvalue weighted by atomic mass is 10.00. The highest BCUT2D eigenvalue weighted by Gasteiger charge is 2.33. The fourth-order valence-corrected chi connectivity index (χ4v) is 5.20. The second kappa shape index (κ2) is 6.70. The summed E-state index contributed by atoms with van der Waals surface area (Å²) in [6.07, 6.45) is 1.61. The maximum absolute atomic E-state index is 12.8. The molecule has 0 unspecified atom stereocenters. The minimum absolute atomic E-state index is 0.0755. The van der Waals surface area contributed by atoms with Gasteiger partial charge in [0.15, 0.2) is 0 Å². The van der Waals surface area contributed by atoms with Crippen molar-refractivity contribution in [3.8, 4) is 10.7 Å². The lowest BCUT2D eigenvalue weighted by Gasteiger charge is -2.30. The average molecular weight is 375 g/mol. The first-order valence-corrected chi connectivity index (χ1v) is 10.4. The third-order valence-corrected chi connectivity index (χ3v) is 7.04. The zero-order valence-corrected chi connectivity index (χ0v) is 15.0. The number of hydrogen-bond donors (Lipinski definition) is 0. The van der Waals surface area contributed by atoms with Crippen molar-refractivity contribution in [1.29, 1.82) is 0 Å². The fourth-order valence-electron chi connectivity index (χ4n) is 3.01. The summed E-state index contributed by atoms with van der Waals surface area (Å²) >= 11 is 1.55. The van der Waals surface area contributed by atoms with Crippen molar-refractivity contribution in [2.24, 2.45) is 0 Å². The normalized spacial score (nSPS) is 19.1. The van der Waals surface area contributed by atoms with Gasteiger partial charge in [0.25, 0.3) is 0 Å². The third-order valence-electron chi connectivity index (χ3n) is 4.30. The molecule has 1 aromatic carbocycles. The van der Waals surface area contributed by atoms with Crippen LogP contribution in [0.4, 0.5) is 0 Å². The number of thiophene rings is 1. The van der Waals surface area contributed by atoms with Crippen molar-refractivity contribution in [1.82, 2.24) is 14.4 Å². The maximum atomic E-state index is 12.8. The minimum atomic E-state index is -3.49. The zero-order chi connectivity index (χ0) is 17.3. The highest BCUT2D eigenvalue weighted by Crippen LogP contribution is 2.31. The van der Waals surface area contributed by atoms with Gasteiger partial charge in [0.05, 0.1) is 15.7 Å². The molecule has 1 atom stereocenters. The van der Waals surface area contributed by atoms with E-state index in [1.807, 2.05) is 23.6 Å². The van der Waals surface area contributed by atoms with Crippen molar-refractivity contribution in [2.45, 2.75) is 23.7 Å². The number of sulfonamides is 1. The van der Waals surface area contributed by atoms with E-state index >= 15 is 0 Å². The van der Waals surface area contributed by atoms with Crippen molar-refractivity contribution in [3.63, 3.8) is 0 Å². The van der Waals surface area contributed by atoms with Gasteiger partial charge in [-0.15, -0.1) is 11.3 Å². The zero-order valence-electron chi connectivity index (χ0n) is 13.4. The van der Waals surface area contributed by atoms with Crippen LogP contribution in [0.2, 0.25) is 0 Å². The van der Waals surface area contributed by atoms with Crippen LogP contribution in [0.15, 0.2) is 57.3 Å². The van der Waals surface area contributed by atoms with E-state index in [0.29, 0.717) is 29.7 Å². The van der Waals surface area contributed by atoms with E-state index in [1.54, 1.807) is 35.6 Å². The molecule has 1 aliphatic heterocycles. The standard InChI is InChI=1S/C17H17N3O3S2/c21-25(22,14-7-2-1-3-8-14)20-10-4-6-13(12-20)17-18-16(19-23-17)15-9-5-11-24-15/h1-3,5,7-9,11,13H,4,6,10,12H2/t13-/m0/s1. The Labute approximate surface area is 150 Å². The van der Waals surface area contributed by atoms with Gasteiger partial charge in [0, 0.05) is 13.1 Å². The molecule has 25 heavy (non-hydrogen) atoms. The highest BCUT2D eigenvalue weighted by atomic mass is 32.2. The molecule has 0 bridgehead atoms.